The molecule has 2 aromatic rings. The van der Waals surface area contributed by atoms with Crippen LogP contribution in [0.5, 0.6) is 5.75 Å². The topological polar surface area (TPSA) is 17.4 Å². The monoisotopic (exact) mass is 348 g/mol. The van der Waals surface area contributed by atoms with E-state index in [4.69, 9.17) is 4.74 Å². The van der Waals surface area contributed by atoms with E-state index in [0.717, 1.165) is 18.8 Å². The van der Waals surface area contributed by atoms with Gasteiger partial charge in [0.15, 0.2) is 0 Å². The van der Waals surface area contributed by atoms with Gasteiger partial charge in [-0.3, -0.25) is 0 Å². The third-order valence-corrected chi connectivity index (χ3v) is 4.78. The molecule has 3 rings (SSSR count). The van der Waals surface area contributed by atoms with Gasteiger partial charge in [0, 0.05) is 17.9 Å². The minimum absolute atomic E-state index is 0. The predicted octanol–water partition coefficient (Wildman–Crippen LogP) is 4.42. The van der Waals surface area contributed by atoms with Crippen LogP contribution in [0.1, 0.15) is 30.5 Å². The summed E-state index contributed by atoms with van der Waals surface area (Å²) in [5.41, 5.74) is 5.80. The van der Waals surface area contributed by atoms with Gasteiger partial charge in [0.25, 0.3) is 0 Å². The van der Waals surface area contributed by atoms with Gasteiger partial charge in [-0.1, -0.05) is 0 Å². The average Bonchev–Trinajstić information content (AvgIpc) is 2.93. The lowest BCUT2D eigenvalue weighted by molar-refractivity contribution is 0.385. The van der Waals surface area contributed by atoms with Crippen LogP contribution in [0.25, 0.3) is 11.3 Å². The number of aryl methyl sites for hydroxylation is 1. The van der Waals surface area contributed by atoms with Crippen LogP contribution < -0.4 is 4.74 Å². The SMILES string of the molecule is COc1ccc(-c2cc3c(n2CCCN(C)C)CCCC3)cc1.Cl. The molecule has 24 heavy (non-hydrogen) atoms. The van der Waals surface area contributed by atoms with Gasteiger partial charge in [-0.05, 0) is 94.2 Å². The van der Waals surface area contributed by atoms with E-state index in [-0.39, 0.29) is 12.4 Å². The second-order valence-corrected chi connectivity index (χ2v) is 6.75. The van der Waals surface area contributed by atoms with Gasteiger partial charge < -0.3 is 14.2 Å². The van der Waals surface area contributed by atoms with Crippen molar-refractivity contribution in [2.24, 2.45) is 0 Å². The molecule has 1 aliphatic carbocycles. The third-order valence-electron chi connectivity index (χ3n) is 4.78. The molecule has 1 aliphatic rings. The van der Waals surface area contributed by atoms with E-state index in [0.29, 0.717) is 0 Å². The fourth-order valence-electron chi connectivity index (χ4n) is 3.57. The van der Waals surface area contributed by atoms with Gasteiger partial charge in [-0.15, -0.1) is 12.4 Å². The number of benzene rings is 1. The minimum atomic E-state index is 0. The van der Waals surface area contributed by atoms with Gasteiger partial charge in [-0.25, -0.2) is 0 Å². The molecule has 3 nitrogen and oxygen atoms in total. The van der Waals surface area contributed by atoms with E-state index in [1.165, 1.54) is 43.4 Å². The molecule has 0 radical (unpaired) electrons. The fraction of sp³-hybridized carbons (Fsp3) is 0.500. The molecule has 0 N–H and O–H groups in total. The predicted molar refractivity (Wildman–Crippen MR) is 103 cm³/mol. The van der Waals surface area contributed by atoms with Crippen LogP contribution in [-0.2, 0) is 19.4 Å². The maximum absolute atomic E-state index is 5.30. The van der Waals surface area contributed by atoms with Crippen molar-refractivity contribution in [1.82, 2.24) is 9.47 Å². The second kappa shape index (κ2) is 8.59. The zero-order valence-corrected chi connectivity index (χ0v) is 15.9. The molecule has 0 saturated heterocycles. The van der Waals surface area contributed by atoms with E-state index in [1.54, 1.807) is 18.4 Å². The summed E-state index contributed by atoms with van der Waals surface area (Å²) < 4.78 is 7.86. The summed E-state index contributed by atoms with van der Waals surface area (Å²) in [6, 6.07) is 10.9. The van der Waals surface area contributed by atoms with Crippen molar-refractivity contribution in [3.05, 3.63) is 41.6 Å². The molecule has 0 unspecified atom stereocenters. The van der Waals surface area contributed by atoms with Gasteiger partial charge in [0.05, 0.1) is 7.11 Å². The van der Waals surface area contributed by atoms with Crippen LogP contribution in [0.2, 0.25) is 0 Å². The molecule has 1 aromatic carbocycles. The molecular formula is C20H29ClN2O. The molecule has 1 heterocycles. The lowest BCUT2D eigenvalue weighted by Gasteiger charge is -2.18. The molecule has 0 aliphatic heterocycles. The number of ether oxygens (including phenoxy) is 1. The number of aromatic nitrogens is 1. The summed E-state index contributed by atoms with van der Waals surface area (Å²) in [6.07, 6.45) is 6.31. The summed E-state index contributed by atoms with van der Waals surface area (Å²) in [7, 11) is 6.02. The highest BCUT2D eigenvalue weighted by atomic mass is 35.5. The number of hydrogen-bond donors (Lipinski definition) is 0. The van der Waals surface area contributed by atoms with Crippen molar-refractivity contribution >= 4 is 12.4 Å². The van der Waals surface area contributed by atoms with Gasteiger partial charge >= 0.3 is 0 Å². The maximum atomic E-state index is 5.30. The molecule has 0 amide bonds. The second-order valence-electron chi connectivity index (χ2n) is 6.75. The first-order valence-electron chi connectivity index (χ1n) is 8.69. The number of rotatable bonds is 6. The summed E-state index contributed by atoms with van der Waals surface area (Å²) in [4.78, 5) is 2.27. The lowest BCUT2D eigenvalue weighted by atomic mass is 9.98. The Morgan fingerprint density at radius 3 is 2.46 bits per heavy atom. The van der Waals surface area contributed by atoms with Crippen molar-refractivity contribution in [3.63, 3.8) is 0 Å². The van der Waals surface area contributed by atoms with Crippen LogP contribution >= 0.6 is 12.4 Å². The Morgan fingerprint density at radius 2 is 1.79 bits per heavy atom. The smallest absolute Gasteiger partial charge is 0.118 e. The van der Waals surface area contributed by atoms with Crippen LogP contribution in [-0.4, -0.2) is 37.2 Å². The highest BCUT2D eigenvalue weighted by Gasteiger charge is 2.18. The number of halogens is 1. The Hall–Kier alpha value is -1.45. The highest BCUT2D eigenvalue weighted by Crippen LogP contribution is 2.32. The molecule has 0 saturated carbocycles. The molecule has 4 heteroatoms. The fourth-order valence-corrected chi connectivity index (χ4v) is 3.57. The van der Waals surface area contributed by atoms with Crippen molar-refractivity contribution in [3.8, 4) is 17.0 Å². The van der Waals surface area contributed by atoms with Gasteiger partial charge in [0.2, 0.25) is 0 Å². The Morgan fingerprint density at radius 1 is 1.08 bits per heavy atom. The lowest BCUT2D eigenvalue weighted by Crippen LogP contribution is -2.17. The van der Waals surface area contributed by atoms with Crippen LogP contribution in [0.4, 0.5) is 0 Å². The largest absolute Gasteiger partial charge is 0.497 e. The Balaban J connectivity index is 0.00000208. The normalized spacial score (nSPS) is 13.5. The van der Waals surface area contributed by atoms with Crippen LogP contribution in [0.3, 0.4) is 0 Å². The van der Waals surface area contributed by atoms with E-state index >= 15 is 0 Å². The van der Waals surface area contributed by atoms with Crippen molar-refractivity contribution in [2.45, 2.75) is 38.6 Å². The molecular weight excluding hydrogens is 320 g/mol. The van der Waals surface area contributed by atoms with E-state index < -0.39 is 0 Å². The molecule has 1 aromatic heterocycles. The number of nitrogens with zero attached hydrogens (tertiary/aromatic N) is 2. The Bertz CT molecular complexity index is 646. The van der Waals surface area contributed by atoms with Crippen molar-refractivity contribution in [1.29, 1.82) is 0 Å². The maximum Gasteiger partial charge on any atom is 0.118 e. The number of methoxy groups -OCH3 is 1. The van der Waals surface area contributed by atoms with Gasteiger partial charge in [0.1, 0.15) is 5.75 Å². The van der Waals surface area contributed by atoms with E-state index in [2.05, 4.69) is 53.9 Å². The molecule has 0 fully saturated rings. The molecule has 0 bridgehead atoms. The number of fused-ring (bicyclic) bond motifs is 1. The molecule has 0 atom stereocenters. The van der Waals surface area contributed by atoms with Crippen LogP contribution in [0.15, 0.2) is 30.3 Å². The molecule has 0 spiro atoms. The average molecular weight is 349 g/mol. The number of hydrogen-bond acceptors (Lipinski definition) is 2. The van der Waals surface area contributed by atoms with Crippen LogP contribution in [0, 0.1) is 0 Å². The quantitative estimate of drug-likeness (QED) is 0.769. The standard InChI is InChI=1S/C20H28N2O.ClH/c1-21(2)13-6-14-22-19-8-5-4-7-17(19)15-20(22)16-9-11-18(23-3)12-10-16;/h9-12,15H,4-8,13-14H2,1-3H3;1H. The summed E-state index contributed by atoms with van der Waals surface area (Å²) in [5.74, 6) is 0.921. The Labute approximate surface area is 152 Å². The first kappa shape index (κ1) is 18.9. The summed E-state index contributed by atoms with van der Waals surface area (Å²) >= 11 is 0. The van der Waals surface area contributed by atoms with Crippen molar-refractivity contribution in [2.75, 3.05) is 27.7 Å². The van der Waals surface area contributed by atoms with Crippen molar-refractivity contribution < 1.29 is 4.74 Å². The minimum Gasteiger partial charge on any atom is -0.497 e. The zero-order valence-electron chi connectivity index (χ0n) is 15.0. The first-order valence-corrected chi connectivity index (χ1v) is 8.69. The van der Waals surface area contributed by atoms with E-state index in [1.807, 2.05) is 0 Å². The zero-order chi connectivity index (χ0) is 16.2. The first-order chi connectivity index (χ1) is 11.2. The Kier molecular flexibility index (Phi) is 6.76. The van der Waals surface area contributed by atoms with E-state index in [9.17, 15) is 0 Å². The highest BCUT2D eigenvalue weighted by molar-refractivity contribution is 5.85. The molecule has 132 valence electrons. The third kappa shape index (κ3) is 4.14. The summed E-state index contributed by atoms with van der Waals surface area (Å²) in [5, 5.41) is 0. The van der Waals surface area contributed by atoms with Gasteiger partial charge in [-0.2, -0.15) is 0 Å². The summed E-state index contributed by atoms with van der Waals surface area (Å²) in [6.45, 7) is 2.24.